The van der Waals surface area contributed by atoms with Gasteiger partial charge < -0.3 is 9.47 Å². The lowest BCUT2D eigenvalue weighted by molar-refractivity contribution is -0.156. The summed E-state index contributed by atoms with van der Waals surface area (Å²) < 4.78 is 11.8. The molecule has 138 valence electrons. The van der Waals surface area contributed by atoms with E-state index in [1.165, 1.54) is 11.1 Å². The average molecular weight is 352 g/mol. The molecule has 1 saturated carbocycles. The Labute approximate surface area is 156 Å². The van der Waals surface area contributed by atoms with E-state index in [9.17, 15) is 4.79 Å². The quantitative estimate of drug-likeness (QED) is 0.696. The fourth-order valence-electron chi connectivity index (χ4n) is 3.87. The van der Waals surface area contributed by atoms with E-state index >= 15 is 0 Å². The van der Waals surface area contributed by atoms with Crippen LogP contribution >= 0.6 is 0 Å². The lowest BCUT2D eigenvalue weighted by Crippen LogP contribution is -2.45. The molecule has 1 aliphatic carbocycles. The smallest absolute Gasteiger partial charge is 0.319 e. The van der Waals surface area contributed by atoms with Crippen LogP contribution in [0, 0.1) is 13.8 Å². The Hall–Kier alpha value is -2.13. The molecule has 3 heteroatoms. The van der Waals surface area contributed by atoms with Crippen molar-refractivity contribution < 1.29 is 14.3 Å². The van der Waals surface area contributed by atoms with Crippen LogP contribution in [-0.4, -0.2) is 18.7 Å². The first-order valence-corrected chi connectivity index (χ1v) is 9.48. The van der Waals surface area contributed by atoms with E-state index in [-0.39, 0.29) is 12.1 Å². The highest BCUT2D eigenvalue weighted by molar-refractivity contribution is 5.84. The predicted octanol–water partition coefficient (Wildman–Crippen LogP) is 4.87. The molecule has 2 aromatic carbocycles. The monoisotopic (exact) mass is 352 g/mol. The van der Waals surface area contributed by atoms with Gasteiger partial charge in [-0.2, -0.15) is 0 Å². The zero-order valence-electron chi connectivity index (χ0n) is 16.0. The predicted molar refractivity (Wildman–Crippen MR) is 103 cm³/mol. The third-order valence-corrected chi connectivity index (χ3v) is 5.37. The molecule has 0 aliphatic heterocycles. The largest absolute Gasteiger partial charge is 0.465 e. The Bertz CT molecular complexity index is 733. The van der Waals surface area contributed by atoms with Crippen LogP contribution in [0.4, 0.5) is 0 Å². The first-order valence-electron chi connectivity index (χ1n) is 9.48. The number of carbonyl (C=O) groups is 1. The van der Waals surface area contributed by atoms with Gasteiger partial charge in [0.25, 0.3) is 0 Å². The second-order valence-corrected chi connectivity index (χ2v) is 7.24. The average Bonchev–Trinajstić information content (AvgIpc) is 3.07. The molecular formula is C23H28O3. The third kappa shape index (κ3) is 3.68. The molecule has 0 radical (unpaired) electrons. The van der Waals surface area contributed by atoms with Crippen LogP contribution in [0.2, 0.25) is 0 Å². The summed E-state index contributed by atoms with van der Waals surface area (Å²) in [5.74, 6) is -0.157. The highest BCUT2D eigenvalue weighted by atomic mass is 16.5. The van der Waals surface area contributed by atoms with Crippen LogP contribution in [0.3, 0.4) is 0 Å². The number of ether oxygens (including phenoxy) is 2. The van der Waals surface area contributed by atoms with Crippen molar-refractivity contribution in [2.75, 3.05) is 6.61 Å². The van der Waals surface area contributed by atoms with Gasteiger partial charge in [0.2, 0.25) is 0 Å². The summed E-state index contributed by atoms with van der Waals surface area (Å²) >= 11 is 0. The minimum absolute atomic E-state index is 0.157. The maximum atomic E-state index is 13.0. The highest BCUT2D eigenvalue weighted by Crippen LogP contribution is 2.44. The Kier molecular flexibility index (Phi) is 5.77. The van der Waals surface area contributed by atoms with Gasteiger partial charge in [-0.3, -0.25) is 4.79 Å². The van der Waals surface area contributed by atoms with Gasteiger partial charge in [0.15, 0.2) is 0 Å². The molecule has 1 aliphatic rings. The zero-order chi connectivity index (χ0) is 18.6. The Balaban J connectivity index is 1.87. The molecule has 0 amide bonds. The molecule has 0 bridgehead atoms. The fourth-order valence-corrected chi connectivity index (χ4v) is 3.87. The van der Waals surface area contributed by atoms with E-state index in [0.29, 0.717) is 13.2 Å². The summed E-state index contributed by atoms with van der Waals surface area (Å²) in [6, 6.07) is 16.6. The molecule has 2 atom stereocenters. The summed E-state index contributed by atoms with van der Waals surface area (Å²) in [6.45, 7) is 6.89. The normalized spacial score (nSPS) is 22.3. The number of benzene rings is 2. The molecule has 2 aromatic rings. The molecular weight excluding hydrogens is 324 g/mol. The van der Waals surface area contributed by atoms with Gasteiger partial charge in [-0.1, -0.05) is 59.7 Å². The van der Waals surface area contributed by atoms with Gasteiger partial charge in [0, 0.05) is 0 Å². The molecule has 0 spiro atoms. The first-order chi connectivity index (χ1) is 12.6. The molecule has 3 rings (SSSR count). The minimum atomic E-state index is -0.700. The molecule has 0 N–H and O–H groups in total. The molecule has 1 fully saturated rings. The molecule has 3 nitrogen and oxygen atoms in total. The summed E-state index contributed by atoms with van der Waals surface area (Å²) in [5.41, 5.74) is 3.85. The molecule has 0 heterocycles. The molecule has 0 aromatic heterocycles. The van der Waals surface area contributed by atoms with Crippen LogP contribution < -0.4 is 0 Å². The SMILES string of the molecule is CCOC(=O)C1(c2ccc(C)cc2)CCCC1OCc1ccc(C)cc1. The molecule has 0 saturated heterocycles. The van der Waals surface area contributed by atoms with E-state index in [1.54, 1.807) is 0 Å². The van der Waals surface area contributed by atoms with Crippen molar-refractivity contribution in [2.24, 2.45) is 0 Å². The third-order valence-electron chi connectivity index (χ3n) is 5.37. The van der Waals surface area contributed by atoms with Crippen LogP contribution in [0.1, 0.15) is 48.4 Å². The second kappa shape index (κ2) is 8.05. The number of esters is 1. The number of hydrogen-bond acceptors (Lipinski definition) is 3. The van der Waals surface area contributed by atoms with E-state index in [0.717, 1.165) is 30.4 Å². The lowest BCUT2D eigenvalue weighted by Gasteiger charge is -2.33. The van der Waals surface area contributed by atoms with E-state index in [1.807, 2.05) is 6.92 Å². The van der Waals surface area contributed by atoms with Crippen molar-refractivity contribution in [1.82, 2.24) is 0 Å². The van der Waals surface area contributed by atoms with Crippen molar-refractivity contribution in [3.05, 3.63) is 70.8 Å². The standard InChI is InChI=1S/C23H28O3/c1-4-25-22(24)23(20-13-9-18(3)10-14-20)15-5-6-21(23)26-16-19-11-7-17(2)8-12-19/h7-14,21H,4-6,15-16H2,1-3H3. The van der Waals surface area contributed by atoms with Crippen molar-refractivity contribution in [1.29, 1.82) is 0 Å². The number of carbonyl (C=O) groups excluding carboxylic acids is 1. The number of aryl methyl sites for hydroxylation is 2. The zero-order valence-corrected chi connectivity index (χ0v) is 16.0. The van der Waals surface area contributed by atoms with Gasteiger partial charge in [0.05, 0.1) is 19.3 Å². The topological polar surface area (TPSA) is 35.5 Å². The van der Waals surface area contributed by atoms with Crippen LogP contribution in [0.25, 0.3) is 0 Å². The van der Waals surface area contributed by atoms with Crippen LogP contribution in [0.15, 0.2) is 48.5 Å². The van der Waals surface area contributed by atoms with Crippen LogP contribution in [0.5, 0.6) is 0 Å². The lowest BCUT2D eigenvalue weighted by atomic mass is 9.76. The highest BCUT2D eigenvalue weighted by Gasteiger charge is 2.52. The first kappa shape index (κ1) is 18.7. The maximum Gasteiger partial charge on any atom is 0.319 e. The molecule has 2 unspecified atom stereocenters. The van der Waals surface area contributed by atoms with Crippen molar-refractivity contribution in [3.8, 4) is 0 Å². The summed E-state index contributed by atoms with van der Waals surface area (Å²) in [6.07, 6.45) is 2.45. The van der Waals surface area contributed by atoms with E-state index < -0.39 is 5.41 Å². The van der Waals surface area contributed by atoms with Crippen molar-refractivity contribution in [2.45, 2.75) is 58.2 Å². The van der Waals surface area contributed by atoms with Gasteiger partial charge in [0.1, 0.15) is 5.41 Å². The Morgan fingerprint density at radius 3 is 2.27 bits per heavy atom. The Morgan fingerprint density at radius 2 is 1.65 bits per heavy atom. The van der Waals surface area contributed by atoms with E-state index in [4.69, 9.17) is 9.47 Å². The summed E-state index contributed by atoms with van der Waals surface area (Å²) in [7, 11) is 0. The van der Waals surface area contributed by atoms with Gasteiger partial charge in [-0.25, -0.2) is 0 Å². The number of hydrogen-bond donors (Lipinski definition) is 0. The van der Waals surface area contributed by atoms with E-state index in [2.05, 4.69) is 62.4 Å². The summed E-state index contributed by atoms with van der Waals surface area (Å²) in [5, 5.41) is 0. The maximum absolute atomic E-state index is 13.0. The summed E-state index contributed by atoms with van der Waals surface area (Å²) in [4.78, 5) is 13.0. The van der Waals surface area contributed by atoms with Gasteiger partial charge in [-0.15, -0.1) is 0 Å². The minimum Gasteiger partial charge on any atom is -0.465 e. The second-order valence-electron chi connectivity index (χ2n) is 7.24. The van der Waals surface area contributed by atoms with Crippen molar-refractivity contribution >= 4 is 5.97 Å². The fraction of sp³-hybridized carbons (Fsp3) is 0.435. The number of rotatable bonds is 6. The van der Waals surface area contributed by atoms with Gasteiger partial charge >= 0.3 is 5.97 Å². The van der Waals surface area contributed by atoms with Crippen LogP contribution in [-0.2, 0) is 26.3 Å². The van der Waals surface area contributed by atoms with Crippen molar-refractivity contribution in [3.63, 3.8) is 0 Å². The molecule has 26 heavy (non-hydrogen) atoms. The van der Waals surface area contributed by atoms with Gasteiger partial charge in [-0.05, 0) is 51.2 Å². The Morgan fingerprint density at radius 1 is 1.04 bits per heavy atom.